The maximum atomic E-state index is 11.4. The molecule has 0 aromatic heterocycles. The third kappa shape index (κ3) is 2.44. The summed E-state index contributed by atoms with van der Waals surface area (Å²) in [5.41, 5.74) is 5.96. The Balaban J connectivity index is 2.49. The number of nitrogens with zero attached hydrogens (tertiary/aromatic N) is 1. The average molecular weight is 184 g/mol. The van der Waals surface area contributed by atoms with Crippen LogP contribution in [0.4, 0.5) is 0 Å². The topological polar surface area (TPSA) is 46.3 Å². The van der Waals surface area contributed by atoms with Crippen LogP contribution in [0.25, 0.3) is 0 Å². The van der Waals surface area contributed by atoms with Gasteiger partial charge in [-0.05, 0) is 12.3 Å². The Morgan fingerprint density at radius 3 is 2.77 bits per heavy atom. The largest absolute Gasteiger partial charge is 0.342 e. The van der Waals surface area contributed by atoms with E-state index in [1.54, 1.807) is 0 Å². The fourth-order valence-corrected chi connectivity index (χ4v) is 1.93. The van der Waals surface area contributed by atoms with Crippen LogP contribution >= 0.6 is 0 Å². The minimum Gasteiger partial charge on any atom is -0.342 e. The van der Waals surface area contributed by atoms with Crippen molar-refractivity contribution in [2.24, 2.45) is 11.7 Å². The second kappa shape index (κ2) is 4.61. The van der Waals surface area contributed by atoms with Crippen LogP contribution in [0.1, 0.15) is 33.1 Å². The highest BCUT2D eigenvalue weighted by Crippen LogP contribution is 2.18. The summed E-state index contributed by atoms with van der Waals surface area (Å²) in [7, 11) is 0. The molecule has 13 heavy (non-hydrogen) atoms. The molecule has 3 heteroatoms. The lowest BCUT2D eigenvalue weighted by Crippen LogP contribution is -2.48. The van der Waals surface area contributed by atoms with Gasteiger partial charge in [0.2, 0.25) is 5.91 Å². The SMILES string of the molecule is CCC(=O)N1CC[C@H](N)[C@@H](CC)C1. The predicted octanol–water partition coefficient (Wildman–Crippen LogP) is 0.982. The maximum Gasteiger partial charge on any atom is 0.222 e. The Labute approximate surface area is 80.3 Å². The van der Waals surface area contributed by atoms with E-state index in [0.29, 0.717) is 18.4 Å². The summed E-state index contributed by atoms with van der Waals surface area (Å²) < 4.78 is 0. The van der Waals surface area contributed by atoms with Crippen LogP contribution in [0.2, 0.25) is 0 Å². The minimum absolute atomic E-state index is 0.269. The summed E-state index contributed by atoms with van der Waals surface area (Å²) in [6.45, 7) is 5.77. The van der Waals surface area contributed by atoms with Crippen molar-refractivity contribution in [1.29, 1.82) is 0 Å². The fourth-order valence-electron chi connectivity index (χ4n) is 1.93. The molecule has 0 bridgehead atoms. The van der Waals surface area contributed by atoms with Crippen LogP contribution in [-0.2, 0) is 4.79 Å². The van der Waals surface area contributed by atoms with Crippen molar-refractivity contribution in [3.8, 4) is 0 Å². The molecular formula is C10H20N2O. The van der Waals surface area contributed by atoms with Gasteiger partial charge in [0.1, 0.15) is 0 Å². The highest BCUT2D eigenvalue weighted by atomic mass is 16.2. The van der Waals surface area contributed by atoms with Crippen molar-refractivity contribution in [3.63, 3.8) is 0 Å². The molecule has 1 saturated heterocycles. The molecule has 0 aromatic carbocycles. The van der Waals surface area contributed by atoms with Gasteiger partial charge in [-0.25, -0.2) is 0 Å². The molecule has 1 amide bonds. The van der Waals surface area contributed by atoms with E-state index in [1.807, 2.05) is 11.8 Å². The van der Waals surface area contributed by atoms with Gasteiger partial charge >= 0.3 is 0 Å². The van der Waals surface area contributed by atoms with E-state index in [4.69, 9.17) is 5.73 Å². The number of carbonyl (C=O) groups excluding carboxylic acids is 1. The number of piperidine rings is 1. The molecular weight excluding hydrogens is 164 g/mol. The average Bonchev–Trinajstić information content (AvgIpc) is 2.17. The Hall–Kier alpha value is -0.570. The number of rotatable bonds is 2. The van der Waals surface area contributed by atoms with Crippen LogP contribution in [0.15, 0.2) is 0 Å². The molecule has 0 aromatic rings. The van der Waals surface area contributed by atoms with E-state index in [2.05, 4.69) is 6.92 Å². The van der Waals surface area contributed by atoms with E-state index in [1.165, 1.54) is 0 Å². The molecule has 1 rings (SSSR count). The normalized spacial score (nSPS) is 29.0. The second-order valence-corrected chi connectivity index (χ2v) is 3.81. The Bertz CT molecular complexity index is 182. The molecule has 0 radical (unpaired) electrons. The summed E-state index contributed by atoms with van der Waals surface area (Å²) in [6, 6.07) is 0.297. The summed E-state index contributed by atoms with van der Waals surface area (Å²) in [5.74, 6) is 0.773. The number of carbonyl (C=O) groups is 1. The minimum atomic E-state index is 0.269. The van der Waals surface area contributed by atoms with Crippen LogP contribution in [-0.4, -0.2) is 29.9 Å². The Kier molecular flexibility index (Phi) is 3.72. The quantitative estimate of drug-likeness (QED) is 0.695. The zero-order valence-corrected chi connectivity index (χ0v) is 8.62. The molecule has 2 N–H and O–H groups in total. The van der Waals surface area contributed by atoms with Gasteiger partial charge < -0.3 is 10.6 Å². The lowest BCUT2D eigenvalue weighted by molar-refractivity contribution is -0.132. The zero-order valence-electron chi connectivity index (χ0n) is 8.62. The third-order valence-corrected chi connectivity index (χ3v) is 2.97. The summed E-state index contributed by atoms with van der Waals surface area (Å²) in [6.07, 6.45) is 2.66. The highest BCUT2D eigenvalue weighted by Gasteiger charge is 2.26. The standard InChI is InChI=1S/C10H20N2O/c1-3-8-7-12(10(13)4-2)6-5-9(8)11/h8-9H,3-7,11H2,1-2H3/t8-,9-/m0/s1. The molecule has 1 heterocycles. The molecule has 0 aliphatic carbocycles. The van der Waals surface area contributed by atoms with Gasteiger partial charge in [-0.3, -0.25) is 4.79 Å². The van der Waals surface area contributed by atoms with Crippen molar-refractivity contribution >= 4 is 5.91 Å². The van der Waals surface area contributed by atoms with E-state index in [0.717, 1.165) is 25.9 Å². The predicted molar refractivity (Wildman–Crippen MR) is 53.2 cm³/mol. The number of hydrogen-bond donors (Lipinski definition) is 1. The smallest absolute Gasteiger partial charge is 0.222 e. The highest BCUT2D eigenvalue weighted by molar-refractivity contribution is 5.75. The van der Waals surface area contributed by atoms with Crippen molar-refractivity contribution < 1.29 is 4.79 Å². The Morgan fingerprint density at radius 2 is 2.23 bits per heavy atom. The van der Waals surface area contributed by atoms with E-state index in [-0.39, 0.29) is 5.91 Å². The molecule has 0 spiro atoms. The molecule has 1 aliphatic rings. The first-order valence-electron chi connectivity index (χ1n) is 5.22. The zero-order chi connectivity index (χ0) is 9.84. The Morgan fingerprint density at radius 1 is 1.54 bits per heavy atom. The first kappa shape index (κ1) is 10.5. The van der Waals surface area contributed by atoms with E-state index < -0.39 is 0 Å². The summed E-state index contributed by atoms with van der Waals surface area (Å²) in [5, 5.41) is 0. The van der Waals surface area contributed by atoms with Crippen LogP contribution in [0.3, 0.4) is 0 Å². The monoisotopic (exact) mass is 184 g/mol. The van der Waals surface area contributed by atoms with Gasteiger partial charge in [-0.2, -0.15) is 0 Å². The first-order valence-corrected chi connectivity index (χ1v) is 5.22. The molecule has 1 fully saturated rings. The van der Waals surface area contributed by atoms with Crippen LogP contribution < -0.4 is 5.73 Å². The molecule has 76 valence electrons. The molecule has 2 atom stereocenters. The summed E-state index contributed by atoms with van der Waals surface area (Å²) in [4.78, 5) is 13.4. The molecule has 0 unspecified atom stereocenters. The van der Waals surface area contributed by atoms with E-state index >= 15 is 0 Å². The lowest BCUT2D eigenvalue weighted by atomic mass is 9.90. The van der Waals surface area contributed by atoms with Gasteiger partial charge in [-0.1, -0.05) is 20.3 Å². The van der Waals surface area contributed by atoms with Crippen molar-refractivity contribution in [2.45, 2.75) is 39.2 Å². The lowest BCUT2D eigenvalue weighted by Gasteiger charge is -2.36. The van der Waals surface area contributed by atoms with Crippen LogP contribution in [0.5, 0.6) is 0 Å². The molecule has 3 nitrogen and oxygen atoms in total. The summed E-state index contributed by atoms with van der Waals surface area (Å²) >= 11 is 0. The molecule has 1 aliphatic heterocycles. The number of amides is 1. The van der Waals surface area contributed by atoms with E-state index in [9.17, 15) is 4.79 Å². The first-order chi connectivity index (χ1) is 6.19. The third-order valence-electron chi connectivity index (χ3n) is 2.97. The van der Waals surface area contributed by atoms with Gasteiger partial charge in [0.25, 0.3) is 0 Å². The number of likely N-dealkylation sites (tertiary alicyclic amines) is 1. The maximum absolute atomic E-state index is 11.4. The van der Waals surface area contributed by atoms with Crippen LogP contribution in [0, 0.1) is 5.92 Å². The van der Waals surface area contributed by atoms with Gasteiger partial charge in [0.05, 0.1) is 0 Å². The second-order valence-electron chi connectivity index (χ2n) is 3.81. The van der Waals surface area contributed by atoms with Crippen molar-refractivity contribution in [3.05, 3.63) is 0 Å². The van der Waals surface area contributed by atoms with Crippen molar-refractivity contribution in [1.82, 2.24) is 4.90 Å². The number of nitrogens with two attached hydrogens (primary N) is 1. The van der Waals surface area contributed by atoms with Gasteiger partial charge in [0, 0.05) is 25.6 Å². The fraction of sp³-hybridized carbons (Fsp3) is 0.900. The van der Waals surface area contributed by atoms with Crippen molar-refractivity contribution in [2.75, 3.05) is 13.1 Å². The van der Waals surface area contributed by atoms with Gasteiger partial charge in [-0.15, -0.1) is 0 Å². The van der Waals surface area contributed by atoms with Gasteiger partial charge in [0.15, 0.2) is 0 Å². The molecule has 0 saturated carbocycles. The number of hydrogen-bond acceptors (Lipinski definition) is 2.